The van der Waals surface area contributed by atoms with E-state index in [2.05, 4.69) is 48.3 Å². The molecule has 1 fully saturated rings. The maximum Gasteiger partial charge on any atom is 0.0399 e. The van der Waals surface area contributed by atoms with Gasteiger partial charge in [-0.15, -0.1) is 0 Å². The van der Waals surface area contributed by atoms with E-state index in [0.29, 0.717) is 5.41 Å². The van der Waals surface area contributed by atoms with Crippen molar-refractivity contribution >= 4 is 5.69 Å². The standard InChI is InChI=1S/C19H30N2/c1-16(2)13-20-14-19(10-5-6-11-19)15-21-12-9-17-7-3-4-8-18(17)21/h3-4,7-8,16,20H,5-6,9-15H2,1-2H3. The highest BCUT2D eigenvalue weighted by Crippen LogP contribution is 2.40. The lowest BCUT2D eigenvalue weighted by Crippen LogP contribution is -2.43. The SMILES string of the molecule is CC(C)CNCC1(CN2CCc3ccccc32)CCCC1. The Labute approximate surface area is 129 Å². The zero-order valence-corrected chi connectivity index (χ0v) is 13.7. The van der Waals surface area contributed by atoms with Gasteiger partial charge in [0.05, 0.1) is 0 Å². The second-order valence-corrected chi connectivity index (χ2v) is 7.53. The van der Waals surface area contributed by atoms with Crippen molar-refractivity contribution < 1.29 is 0 Å². The number of anilines is 1. The van der Waals surface area contributed by atoms with Gasteiger partial charge in [-0.05, 0) is 43.4 Å². The van der Waals surface area contributed by atoms with Crippen molar-refractivity contribution in [3.8, 4) is 0 Å². The molecule has 1 saturated carbocycles. The number of fused-ring (bicyclic) bond motifs is 1. The summed E-state index contributed by atoms with van der Waals surface area (Å²) < 4.78 is 0. The first-order valence-corrected chi connectivity index (χ1v) is 8.72. The lowest BCUT2D eigenvalue weighted by Gasteiger charge is -2.35. The molecule has 21 heavy (non-hydrogen) atoms. The number of rotatable bonds is 6. The first kappa shape index (κ1) is 14.9. The van der Waals surface area contributed by atoms with Crippen LogP contribution in [0.25, 0.3) is 0 Å². The predicted octanol–water partition coefficient (Wildman–Crippen LogP) is 3.86. The minimum atomic E-state index is 0.506. The molecule has 1 heterocycles. The molecule has 0 unspecified atom stereocenters. The van der Waals surface area contributed by atoms with Crippen LogP contribution in [-0.4, -0.2) is 26.2 Å². The molecular formula is C19H30N2. The van der Waals surface area contributed by atoms with E-state index in [9.17, 15) is 0 Å². The van der Waals surface area contributed by atoms with E-state index in [0.717, 1.165) is 12.5 Å². The molecule has 2 aliphatic rings. The molecule has 116 valence electrons. The van der Waals surface area contributed by atoms with Crippen LogP contribution in [-0.2, 0) is 6.42 Å². The fourth-order valence-corrected chi connectivity index (χ4v) is 4.12. The number of para-hydroxylation sites is 1. The molecular weight excluding hydrogens is 256 g/mol. The highest BCUT2D eigenvalue weighted by Gasteiger charge is 2.36. The first-order chi connectivity index (χ1) is 10.2. The van der Waals surface area contributed by atoms with Gasteiger partial charge in [0.1, 0.15) is 0 Å². The van der Waals surface area contributed by atoms with E-state index in [1.165, 1.54) is 57.4 Å². The molecule has 0 spiro atoms. The summed E-state index contributed by atoms with van der Waals surface area (Å²) in [5.41, 5.74) is 3.54. The topological polar surface area (TPSA) is 15.3 Å². The number of hydrogen-bond acceptors (Lipinski definition) is 2. The van der Waals surface area contributed by atoms with E-state index in [1.54, 1.807) is 5.56 Å². The predicted molar refractivity (Wildman–Crippen MR) is 91.0 cm³/mol. The number of nitrogens with one attached hydrogen (secondary N) is 1. The minimum absolute atomic E-state index is 0.506. The highest BCUT2D eigenvalue weighted by molar-refractivity contribution is 5.58. The molecule has 0 atom stereocenters. The summed E-state index contributed by atoms with van der Waals surface area (Å²) >= 11 is 0. The van der Waals surface area contributed by atoms with Crippen molar-refractivity contribution in [1.82, 2.24) is 5.32 Å². The summed E-state index contributed by atoms with van der Waals surface area (Å²) in [6.07, 6.45) is 6.86. The Bertz CT molecular complexity index is 460. The van der Waals surface area contributed by atoms with Crippen molar-refractivity contribution in [3.63, 3.8) is 0 Å². The average molecular weight is 286 g/mol. The molecule has 0 saturated heterocycles. The summed E-state index contributed by atoms with van der Waals surface area (Å²) in [6.45, 7) is 9.40. The van der Waals surface area contributed by atoms with Gasteiger partial charge < -0.3 is 10.2 Å². The molecule has 1 aliphatic carbocycles. The monoisotopic (exact) mass is 286 g/mol. The average Bonchev–Trinajstić information content (AvgIpc) is 3.07. The zero-order valence-electron chi connectivity index (χ0n) is 13.7. The zero-order chi connectivity index (χ0) is 14.7. The molecule has 1 N–H and O–H groups in total. The van der Waals surface area contributed by atoms with E-state index < -0.39 is 0 Å². The second-order valence-electron chi connectivity index (χ2n) is 7.53. The summed E-state index contributed by atoms with van der Waals surface area (Å²) in [5.74, 6) is 0.746. The normalized spacial score (nSPS) is 20.2. The maximum absolute atomic E-state index is 3.74. The summed E-state index contributed by atoms with van der Waals surface area (Å²) in [5, 5.41) is 3.74. The smallest absolute Gasteiger partial charge is 0.0399 e. The quantitative estimate of drug-likeness (QED) is 0.854. The summed E-state index contributed by atoms with van der Waals surface area (Å²) in [4.78, 5) is 2.65. The molecule has 2 heteroatoms. The van der Waals surface area contributed by atoms with E-state index in [-0.39, 0.29) is 0 Å². The Balaban J connectivity index is 1.66. The van der Waals surface area contributed by atoms with Crippen LogP contribution in [0.1, 0.15) is 45.1 Å². The Kier molecular flexibility index (Phi) is 4.54. The summed E-state index contributed by atoms with van der Waals surface area (Å²) in [7, 11) is 0. The van der Waals surface area contributed by atoms with Crippen LogP contribution in [0, 0.1) is 11.3 Å². The molecule has 3 rings (SSSR count). The molecule has 0 radical (unpaired) electrons. The van der Waals surface area contributed by atoms with Gasteiger partial charge >= 0.3 is 0 Å². The van der Waals surface area contributed by atoms with Gasteiger partial charge in [-0.1, -0.05) is 44.9 Å². The van der Waals surface area contributed by atoms with Gasteiger partial charge in [-0.2, -0.15) is 0 Å². The maximum atomic E-state index is 3.74. The van der Waals surface area contributed by atoms with Crippen LogP contribution in [0.15, 0.2) is 24.3 Å². The van der Waals surface area contributed by atoms with Crippen LogP contribution in [0.2, 0.25) is 0 Å². The lowest BCUT2D eigenvalue weighted by molar-refractivity contribution is 0.279. The third kappa shape index (κ3) is 3.42. The van der Waals surface area contributed by atoms with Gasteiger partial charge in [0, 0.05) is 30.7 Å². The Hall–Kier alpha value is -1.02. The van der Waals surface area contributed by atoms with Gasteiger partial charge in [-0.3, -0.25) is 0 Å². The Morgan fingerprint density at radius 1 is 1.19 bits per heavy atom. The van der Waals surface area contributed by atoms with Gasteiger partial charge in [0.15, 0.2) is 0 Å². The molecule has 0 aromatic heterocycles. The van der Waals surface area contributed by atoms with Crippen LogP contribution in [0.3, 0.4) is 0 Å². The molecule has 2 nitrogen and oxygen atoms in total. The van der Waals surface area contributed by atoms with Crippen LogP contribution >= 0.6 is 0 Å². The van der Waals surface area contributed by atoms with Gasteiger partial charge in [-0.25, -0.2) is 0 Å². The van der Waals surface area contributed by atoms with E-state index in [4.69, 9.17) is 0 Å². The first-order valence-electron chi connectivity index (χ1n) is 8.72. The van der Waals surface area contributed by atoms with Crippen molar-refractivity contribution in [1.29, 1.82) is 0 Å². The second kappa shape index (κ2) is 6.39. The molecule has 0 bridgehead atoms. The van der Waals surface area contributed by atoms with Crippen molar-refractivity contribution in [2.75, 3.05) is 31.1 Å². The minimum Gasteiger partial charge on any atom is -0.370 e. The number of benzene rings is 1. The van der Waals surface area contributed by atoms with E-state index in [1.807, 2.05) is 0 Å². The summed E-state index contributed by atoms with van der Waals surface area (Å²) in [6, 6.07) is 8.98. The highest BCUT2D eigenvalue weighted by atomic mass is 15.2. The van der Waals surface area contributed by atoms with Crippen molar-refractivity contribution in [3.05, 3.63) is 29.8 Å². The Morgan fingerprint density at radius 2 is 1.95 bits per heavy atom. The van der Waals surface area contributed by atoms with Gasteiger partial charge in [0.2, 0.25) is 0 Å². The van der Waals surface area contributed by atoms with Crippen molar-refractivity contribution in [2.24, 2.45) is 11.3 Å². The Morgan fingerprint density at radius 3 is 2.71 bits per heavy atom. The van der Waals surface area contributed by atoms with Gasteiger partial charge in [0.25, 0.3) is 0 Å². The molecule has 1 aromatic rings. The third-order valence-electron chi connectivity index (χ3n) is 5.23. The fourth-order valence-electron chi connectivity index (χ4n) is 4.12. The molecule has 1 aromatic carbocycles. The fraction of sp³-hybridized carbons (Fsp3) is 0.684. The van der Waals surface area contributed by atoms with Crippen LogP contribution in [0.5, 0.6) is 0 Å². The molecule has 1 aliphatic heterocycles. The molecule has 0 amide bonds. The van der Waals surface area contributed by atoms with E-state index >= 15 is 0 Å². The van der Waals surface area contributed by atoms with Crippen LogP contribution in [0.4, 0.5) is 5.69 Å². The van der Waals surface area contributed by atoms with Crippen molar-refractivity contribution in [2.45, 2.75) is 46.0 Å². The number of hydrogen-bond donors (Lipinski definition) is 1. The lowest BCUT2D eigenvalue weighted by atomic mass is 9.85. The largest absolute Gasteiger partial charge is 0.370 e. The number of nitrogens with zero attached hydrogens (tertiary/aromatic N) is 1. The third-order valence-corrected chi connectivity index (χ3v) is 5.23. The van der Waals surface area contributed by atoms with Crippen LogP contribution < -0.4 is 10.2 Å².